The van der Waals surface area contributed by atoms with E-state index < -0.39 is 0 Å². The van der Waals surface area contributed by atoms with Crippen molar-refractivity contribution in [2.45, 2.75) is 58.3 Å². The second kappa shape index (κ2) is 15.5. The van der Waals surface area contributed by atoms with Crippen LogP contribution in [0.1, 0.15) is 58.3 Å². The third kappa shape index (κ3) is 8.38. The molecule has 0 aromatic carbocycles. The molecule has 12 unspecified atom stereocenters. The molecule has 0 aliphatic heterocycles. The van der Waals surface area contributed by atoms with Crippen molar-refractivity contribution in [3.8, 4) is 0 Å². The van der Waals surface area contributed by atoms with Gasteiger partial charge in [-0.25, -0.2) is 0 Å². The molecule has 0 spiro atoms. The van der Waals surface area contributed by atoms with Gasteiger partial charge in [-0.05, 0) is 163 Å². The molecule has 4 heteroatoms. The van der Waals surface area contributed by atoms with Crippen LogP contribution in [-0.4, -0.2) is 46.0 Å². The van der Waals surface area contributed by atoms with Gasteiger partial charge in [0.15, 0.2) is 0 Å². The lowest BCUT2D eigenvalue weighted by atomic mass is 9.96. The van der Waals surface area contributed by atoms with Gasteiger partial charge >= 0.3 is 0 Å². The molecule has 12 atom stereocenters. The largest absolute Gasteiger partial charge is 0.161 e. The van der Waals surface area contributed by atoms with Crippen molar-refractivity contribution in [1.29, 1.82) is 0 Å². The third-order valence-electron chi connectivity index (χ3n) is 12.4. The zero-order valence-electron chi connectivity index (χ0n) is 27.3. The maximum absolute atomic E-state index is 4.31. The SMILES string of the molecule is C=C(CSCC1CC2C=CC1C2)CSCC1CC2C=CC1C2.CC(CSCC1CC2C=CC1C2)CSCC1CC2C=CC1C2. The molecule has 0 amide bonds. The second-order valence-electron chi connectivity index (χ2n) is 16.1. The molecule has 8 aliphatic carbocycles. The van der Waals surface area contributed by atoms with Crippen LogP contribution in [0.2, 0.25) is 0 Å². The Hall–Kier alpha value is 0.1000. The van der Waals surface area contributed by atoms with E-state index in [1.54, 1.807) is 0 Å². The normalized spacial score (nSPS) is 41.8. The lowest BCUT2D eigenvalue weighted by Crippen LogP contribution is -2.13. The minimum Gasteiger partial charge on any atom is -0.161 e. The van der Waals surface area contributed by atoms with Gasteiger partial charge in [0.1, 0.15) is 0 Å². The first-order chi connectivity index (χ1) is 21.6. The summed E-state index contributed by atoms with van der Waals surface area (Å²) >= 11 is 8.74. The standard InChI is InChI=1S/C20H30S2.C20H28S2/c2*1-14(10-21-12-19-8-15-2-4-17(19)6-15)11-22-13-20-9-16-3-5-18(20)7-16/h2-5,14-20H,6-13H2,1H3;2-5,15-20H,1,6-13H2. The fourth-order valence-corrected chi connectivity index (χ4v) is 15.3. The smallest absolute Gasteiger partial charge is 0.0148 e. The monoisotopic (exact) mass is 666 g/mol. The summed E-state index contributed by atoms with van der Waals surface area (Å²) in [6, 6.07) is 0. The van der Waals surface area contributed by atoms with E-state index in [0.29, 0.717) is 0 Å². The molecule has 0 N–H and O–H groups in total. The molecule has 4 saturated carbocycles. The van der Waals surface area contributed by atoms with E-state index in [-0.39, 0.29) is 0 Å². The first kappa shape index (κ1) is 32.6. The number of hydrogen-bond acceptors (Lipinski definition) is 4. The van der Waals surface area contributed by atoms with Crippen molar-refractivity contribution in [2.75, 3.05) is 46.0 Å². The van der Waals surface area contributed by atoms with Crippen molar-refractivity contribution in [3.63, 3.8) is 0 Å². The Morgan fingerprint density at radius 2 is 0.818 bits per heavy atom. The lowest BCUT2D eigenvalue weighted by molar-refractivity contribution is 0.501. The maximum Gasteiger partial charge on any atom is 0.0148 e. The molecular weight excluding hydrogens is 609 g/mol. The Balaban J connectivity index is 0.000000142. The van der Waals surface area contributed by atoms with Crippen LogP contribution in [0.5, 0.6) is 0 Å². The maximum atomic E-state index is 4.31. The molecule has 0 aromatic rings. The predicted molar refractivity (Wildman–Crippen MR) is 203 cm³/mol. The van der Waals surface area contributed by atoms with Crippen LogP contribution >= 0.6 is 47.0 Å². The zero-order chi connectivity index (χ0) is 29.9. The highest BCUT2D eigenvalue weighted by Gasteiger charge is 2.38. The van der Waals surface area contributed by atoms with Crippen LogP contribution < -0.4 is 0 Å². The molecule has 8 aliphatic rings. The average molecular weight is 667 g/mol. The van der Waals surface area contributed by atoms with Gasteiger partial charge in [-0.3, -0.25) is 0 Å². The van der Waals surface area contributed by atoms with Gasteiger partial charge in [0.2, 0.25) is 0 Å². The summed E-state index contributed by atoms with van der Waals surface area (Å²) in [5, 5.41) is 0. The van der Waals surface area contributed by atoms with Gasteiger partial charge in [0.25, 0.3) is 0 Å². The molecule has 0 radical (unpaired) electrons. The third-order valence-corrected chi connectivity index (χ3v) is 17.9. The van der Waals surface area contributed by atoms with Crippen molar-refractivity contribution in [3.05, 3.63) is 60.8 Å². The highest BCUT2D eigenvalue weighted by atomic mass is 32.2. The van der Waals surface area contributed by atoms with Crippen LogP contribution in [0, 0.1) is 76.9 Å². The van der Waals surface area contributed by atoms with Crippen LogP contribution in [-0.2, 0) is 0 Å². The second-order valence-corrected chi connectivity index (χ2v) is 20.3. The summed E-state index contributed by atoms with van der Waals surface area (Å²) in [4.78, 5) is 0. The Bertz CT molecular complexity index is 1010. The van der Waals surface area contributed by atoms with Crippen LogP contribution in [0.15, 0.2) is 60.8 Å². The number of thioether (sulfide) groups is 4. The first-order valence-electron chi connectivity index (χ1n) is 18.3. The van der Waals surface area contributed by atoms with E-state index in [4.69, 9.17) is 0 Å². The molecule has 0 saturated heterocycles. The minimum atomic E-state index is 0.887. The van der Waals surface area contributed by atoms with E-state index in [1.165, 1.54) is 103 Å². The molecule has 8 bridgehead atoms. The van der Waals surface area contributed by atoms with Gasteiger partial charge in [0.05, 0.1) is 0 Å². The van der Waals surface area contributed by atoms with E-state index in [9.17, 15) is 0 Å². The van der Waals surface area contributed by atoms with Crippen LogP contribution in [0.4, 0.5) is 0 Å². The van der Waals surface area contributed by atoms with Crippen LogP contribution in [0.3, 0.4) is 0 Å². The van der Waals surface area contributed by atoms with E-state index in [1.807, 2.05) is 0 Å². The van der Waals surface area contributed by atoms with Gasteiger partial charge in [-0.15, -0.1) is 0 Å². The molecule has 4 fully saturated rings. The lowest BCUT2D eigenvalue weighted by Gasteiger charge is -2.20. The number of fused-ring (bicyclic) bond motifs is 8. The predicted octanol–water partition coefficient (Wildman–Crippen LogP) is 10.9. The fraction of sp³-hybridized carbons (Fsp3) is 0.750. The number of hydrogen-bond donors (Lipinski definition) is 0. The van der Waals surface area contributed by atoms with Crippen molar-refractivity contribution < 1.29 is 0 Å². The van der Waals surface area contributed by atoms with Gasteiger partial charge in [-0.2, -0.15) is 47.0 Å². The number of rotatable bonds is 16. The molecule has 0 heterocycles. The molecule has 242 valence electrons. The quantitative estimate of drug-likeness (QED) is 0.150. The fourth-order valence-electron chi connectivity index (χ4n) is 9.99. The van der Waals surface area contributed by atoms with E-state index in [2.05, 4.69) is 109 Å². The van der Waals surface area contributed by atoms with E-state index >= 15 is 0 Å². The number of allylic oxidation sites excluding steroid dienone is 8. The molecule has 8 rings (SSSR count). The van der Waals surface area contributed by atoms with Crippen molar-refractivity contribution >= 4 is 47.0 Å². The molecule has 0 nitrogen and oxygen atoms in total. The Morgan fingerprint density at radius 1 is 0.500 bits per heavy atom. The van der Waals surface area contributed by atoms with Crippen LogP contribution in [0.25, 0.3) is 0 Å². The first-order valence-corrected chi connectivity index (χ1v) is 22.9. The van der Waals surface area contributed by atoms with Crippen molar-refractivity contribution in [2.24, 2.45) is 76.9 Å². The minimum absolute atomic E-state index is 0.887. The molecular formula is C40H58S4. The van der Waals surface area contributed by atoms with Gasteiger partial charge in [0, 0.05) is 11.5 Å². The summed E-state index contributed by atoms with van der Waals surface area (Å²) in [6.07, 6.45) is 31.5. The molecule has 44 heavy (non-hydrogen) atoms. The van der Waals surface area contributed by atoms with Gasteiger partial charge in [-0.1, -0.05) is 67.7 Å². The summed E-state index contributed by atoms with van der Waals surface area (Å²) in [6.45, 7) is 6.77. The highest BCUT2D eigenvalue weighted by Crippen LogP contribution is 2.47. The average Bonchev–Trinajstić information content (AvgIpc) is 3.88. The summed E-state index contributed by atoms with van der Waals surface area (Å²) in [5.74, 6) is 22.9. The topological polar surface area (TPSA) is 0 Å². The summed E-state index contributed by atoms with van der Waals surface area (Å²) in [7, 11) is 0. The molecule has 0 aromatic heterocycles. The van der Waals surface area contributed by atoms with E-state index in [0.717, 1.165) is 76.9 Å². The summed E-state index contributed by atoms with van der Waals surface area (Å²) in [5.41, 5.74) is 1.45. The summed E-state index contributed by atoms with van der Waals surface area (Å²) < 4.78 is 0. The zero-order valence-corrected chi connectivity index (χ0v) is 30.5. The van der Waals surface area contributed by atoms with Gasteiger partial charge < -0.3 is 0 Å². The Morgan fingerprint density at radius 3 is 1.09 bits per heavy atom. The Kier molecular flexibility index (Phi) is 11.5. The highest BCUT2D eigenvalue weighted by molar-refractivity contribution is 8.00. The van der Waals surface area contributed by atoms with Crippen molar-refractivity contribution in [1.82, 2.24) is 0 Å². The Labute approximate surface area is 287 Å².